The normalized spacial score (nSPS) is 15.6. The summed E-state index contributed by atoms with van der Waals surface area (Å²) >= 11 is 0. The van der Waals surface area contributed by atoms with Crippen molar-refractivity contribution >= 4 is 22.5 Å². The lowest BCUT2D eigenvalue weighted by molar-refractivity contribution is 0.100. The number of aromatic amines is 1. The van der Waals surface area contributed by atoms with Gasteiger partial charge >= 0.3 is 0 Å². The summed E-state index contributed by atoms with van der Waals surface area (Å²) in [6.45, 7) is 11.6. The van der Waals surface area contributed by atoms with E-state index in [1.54, 1.807) is 13.8 Å². The van der Waals surface area contributed by atoms with E-state index in [2.05, 4.69) is 21.7 Å². The Morgan fingerprint density at radius 3 is 2.07 bits per heavy atom. The molecular weight excluding hydrogens is 374 g/mol. The number of nitrogens with zero attached hydrogens (tertiary/aromatic N) is 2. The maximum absolute atomic E-state index is 12.0. The Morgan fingerprint density at radius 2 is 1.47 bits per heavy atom. The van der Waals surface area contributed by atoms with Gasteiger partial charge in [-0.15, -0.1) is 0 Å². The van der Waals surface area contributed by atoms with Gasteiger partial charge in [0.25, 0.3) is 0 Å². The number of piperazine rings is 1. The zero-order chi connectivity index (χ0) is 21.3. The van der Waals surface area contributed by atoms with E-state index < -0.39 is 0 Å². The van der Waals surface area contributed by atoms with E-state index in [1.807, 2.05) is 42.5 Å². The van der Waals surface area contributed by atoms with Gasteiger partial charge in [-0.05, 0) is 44.2 Å². The van der Waals surface area contributed by atoms with Crippen LogP contribution in [0.1, 0.15) is 47.2 Å². The van der Waals surface area contributed by atoms with E-state index in [4.69, 9.17) is 0 Å². The number of ketones is 2. The number of likely N-dealkylation sites (N-methyl/N-ethyl adjacent to an activating group) is 1. The lowest BCUT2D eigenvalue weighted by Crippen LogP contribution is -2.45. The van der Waals surface area contributed by atoms with E-state index in [-0.39, 0.29) is 11.6 Å². The van der Waals surface area contributed by atoms with E-state index in [9.17, 15) is 9.59 Å². The first kappa shape index (κ1) is 20.5. The number of hydrogen-bond acceptors (Lipinski definition) is 4. The second kappa shape index (κ2) is 8.54. The number of rotatable bonds is 6. The third kappa shape index (κ3) is 4.09. The maximum Gasteiger partial charge on any atom is 0.159 e. The summed E-state index contributed by atoms with van der Waals surface area (Å²) in [5, 5.41) is 1.06. The zero-order valence-electron chi connectivity index (χ0n) is 18.0. The van der Waals surface area contributed by atoms with Crippen LogP contribution in [0.3, 0.4) is 0 Å². The minimum atomic E-state index is 0.0632. The highest BCUT2D eigenvalue weighted by molar-refractivity contribution is 6.04. The first-order chi connectivity index (χ1) is 14.5. The summed E-state index contributed by atoms with van der Waals surface area (Å²) < 4.78 is 0. The lowest BCUT2D eigenvalue weighted by Gasteiger charge is -2.34. The van der Waals surface area contributed by atoms with Crippen LogP contribution in [-0.2, 0) is 6.54 Å². The molecule has 30 heavy (non-hydrogen) atoms. The minimum Gasteiger partial charge on any atom is -0.357 e. The SMILES string of the molecule is CCN1CCN(Cc2[nH]c3ccc(C(C)=O)cc3c2-c2ccc(C(C)=O)cc2)CC1. The number of benzene rings is 2. The predicted molar refractivity (Wildman–Crippen MR) is 121 cm³/mol. The van der Waals surface area contributed by atoms with Gasteiger partial charge in [0.1, 0.15) is 0 Å². The fraction of sp³-hybridized carbons (Fsp3) is 0.360. The maximum atomic E-state index is 12.0. The van der Waals surface area contributed by atoms with Crippen LogP contribution >= 0.6 is 0 Å². The van der Waals surface area contributed by atoms with Crippen molar-refractivity contribution in [1.82, 2.24) is 14.8 Å². The van der Waals surface area contributed by atoms with Crippen molar-refractivity contribution in [2.24, 2.45) is 0 Å². The first-order valence-corrected chi connectivity index (χ1v) is 10.7. The smallest absolute Gasteiger partial charge is 0.159 e. The molecule has 0 spiro atoms. The van der Waals surface area contributed by atoms with Crippen LogP contribution in [0.25, 0.3) is 22.0 Å². The van der Waals surface area contributed by atoms with E-state index in [0.29, 0.717) is 11.1 Å². The Kier molecular flexibility index (Phi) is 5.84. The number of nitrogens with one attached hydrogen (secondary N) is 1. The van der Waals surface area contributed by atoms with Crippen molar-refractivity contribution in [1.29, 1.82) is 0 Å². The number of carbonyl (C=O) groups excluding carboxylic acids is 2. The van der Waals surface area contributed by atoms with Crippen LogP contribution in [0.2, 0.25) is 0 Å². The fourth-order valence-electron chi connectivity index (χ4n) is 4.27. The molecule has 1 aliphatic heterocycles. The molecule has 5 heteroatoms. The number of hydrogen-bond donors (Lipinski definition) is 1. The Morgan fingerprint density at radius 1 is 0.867 bits per heavy atom. The van der Waals surface area contributed by atoms with E-state index >= 15 is 0 Å². The average molecular weight is 404 g/mol. The van der Waals surface area contributed by atoms with E-state index in [0.717, 1.165) is 67.0 Å². The molecule has 1 aromatic heterocycles. The summed E-state index contributed by atoms with van der Waals surface area (Å²) in [7, 11) is 0. The standard InChI is InChI=1S/C25H29N3O2/c1-4-27-11-13-28(14-12-27)16-24-25(20-7-5-19(6-8-20)17(2)29)22-15-21(18(3)30)9-10-23(22)26-24/h5-10,15,26H,4,11-14,16H2,1-3H3. The largest absolute Gasteiger partial charge is 0.357 e. The Hall–Kier alpha value is -2.76. The van der Waals surface area contributed by atoms with Crippen molar-refractivity contribution in [3.8, 4) is 11.1 Å². The molecule has 0 saturated carbocycles. The molecule has 3 aromatic rings. The van der Waals surface area contributed by atoms with Gasteiger partial charge in [-0.25, -0.2) is 0 Å². The minimum absolute atomic E-state index is 0.0632. The zero-order valence-corrected chi connectivity index (χ0v) is 18.0. The third-order valence-corrected chi connectivity index (χ3v) is 6.16. The molecule has 0 amide bonds. The Bertz CT molecular complexity index is 1070. The summed E-state index contributed by atoms with van der Waals surface area (Å²) in [5.74, 6) is 0.126. The first-order valence-electron chi connectivity index (χ1n) is 10.7. The van der Waals surface area contributed by atoms with Crippen molar-refractivity contribution in [2.75, 3.05) is 32.7 Å². The van der Waals surface area contributed by atoms with Gasteiger partial charge in [-0.1, -0.05) is 31.2 Å². The highest BCUT2D eigenvalue weighted by Gasteiger charge is 2.20. The average Bonchev–Trinajstić information content (AvgIpc) is 3.11. The van der Waals surface area contributed by atoms with Crippen molar-refractivity contribution in [3.63, 3.8) is 0 Å². The monoisotopic (exact) mass is 403 g/mol. The highest BCUT2D eigenvalue weighted by atomic mass is 16.1. The second-order valence-corrected chi connectivity index (χ2v) is 8.14. The molecular formula is C25H29N3O2. The summed E-state index contributed by atoms with van der Waals surface area (Å²) in [6, 6.07) is 13.7. The molecule has 1 N–H and O–H groups in total. The number of H-pyrrole nitrogens is 1. The van der Waals surface area contributed by atoms with Crippen LogP contribution in [-0.4, -0.2) is 59.1 Å². The molecule has 0 bridgehead atoms. The van der Waals surface area contributed by atoms with Gasteiger partial charge in [0, 0.05) is 66.0 Å². The quantitative estimate of drug-likeness (QED) is 0.621. The molecule has 1 fully saturated rings. The van der Waals surface area contributed by atoms with Crippen LogP contribution < -0.4 is 0 Å². The van der Waals surface area contributed by atoms with Crippen molar-refractivity contribution in [2.45, 2.75) is 27.3 Å². The number of Topliss-reactive ketones (excluding diaryl/α,β-unsaturated/α-hetero) is 2. The Labute approximate surface area is 177 Å². The predicted octanol–water partition coefficient (Wildman–Crippen LogP) is 4.38. The molecule has 0 aliphatic carbocycles. The van der Waals surface area contributed by atoms with Gasteiger partial charge in [-0.2, -0.15) is 0 Å². The molecule has 2 aromatic carbocycles. The second-order valence-electron chi connectivity index (χ2n) is 8.14. The Balaban J connectivity index is 1.76. The molecule has 0 radical (unpaired) electrons. The molecule has 156 valence electrons. The third-order valence-electron chi connectivity index (χ3n) is 6.16. The van der Waals surface area contributed by atoms with Crippen LogP contribution in [0, 0.1) is 0 Å². The van der Waals surface area contributed by atoms with Gasteiger partial charge in [0.15, 0.2) is 11.6 Å². The molecule has 0 atom stereocenters. The van der Waals surface area contributed by atoms with Crippen LogP contribution in [0.4, 0.5) is 0 Å². The summed E-state index contributed by atoms with van der Waals surface area (Å²) in [4.78, 5) is 32.2. The van der Waals surface area contributed by atoms with Gasteiger partial charge in [0.05, 0.1) is 0 Å². The van der Waals surface area contributed by atoms with Crippen molar-refractivity contribution < 1.29 is 9.59 Å². The van der Waals surface area contributed by atoms with Gasteiger partial charge in [0.2, 0.25) is 0 Å². The fourth-order valence-corrected chi connectivity index (χ4v) is 4.27. The summed E-state index contributed by atoms with van der Waals surface area (Å²) in [6.07, 6.45) is 0. The van der Waals surface area contributed by atoms with Gasteiger partial charge < -0.3 is 9.88 Å². The number of fused-ring (bicyclic) bond motifs is 1. The molecule has 1 saturated heterocycles. The molecule has 1 aliphatic rings. The highest BCUT2D eigenvalue weighted by Crippen LogP contribution is 2.34. The van der Waals surface area contributed by atoms with Gasteiger partial charge in [-0.3, -0.25) is 14.5 Å². The topological polar surface area (TPSA) is 56.4 Å². The number of aromatic nitrogens is 1. The number of carbonyl (C=O) groups is 2. The molecule has 4 rings (SSSR count). The molecule has 5 nitrogen and oxygen atoms in total. The summed E-state index contributed by atoms with van der Waals surface area (Å²) in [5.41, 5.74) is 5.81. The lowest BCUT2D eigenvalue weighted by atomic mass is 9.98. The van der Waals surface area contributed by atoms with Crippen LogP contribution in [0.15, 0.2) is 42.5 Å². The van der Waals surface area contributed by atoms with Crippen LogP contribution in [0.5, 0.6) is 0 Å². The molecule has 0 unspecified atom stereocenters. The van der Waals surface area contributed by atoms with E-state index in [1.165, 1.54) is 0 Å². The van der Waals surface area contributed by atoms with Crippen molar-refractivity contribution in [3.05, 3.63) is 59.3 Å². The molecule has 2 heterocycles.